The Morgan fingerprint density at radius 2 is 2.09 bits per heavy atom. The molecule has 7 nitrogen and oxygen atoms in total. The van der Waals surface area contributed by atoms with Crippen molar-refractivity contribution in [3.05, 3.63) is 83.2 Å². The van der Waals surface area contributed by atoms with E-state index in [1.54, 1.807) is 6.20 Å². The Kier molecular flexibility index (Phi) is 4.99. The van der Waals surface area contributed by atoms with E-state index in [1.165, 1.54) is 24.7 Å². The quantitative estimate of drug-likeness (QED) is 0.421. The maximum absolute atomic E-state index is 12.8. The van der Waals surface area contributed by atoms with Gasteiger partial charge in [0.15, 0.2) is 11.6 Å². The van der Waals surface area contributed by atoms with Crippen molar-refractivity contribution in [1.82, 2.24) is 19.4 Å². The molecule has 0 bridgehead atoms. The van der Waals surface area contributed by atoms with Gasteiger partial charge in [-0.1, -0.05) is 29.8 Å². The molecule has 8 heteroatoms. The Balaban J connectivity index is 1.12. The highest BCUT2D eigenvalue weighted by Gasteiger charge is 2.44. The van der Waals surface area contributed by atoms with E-state index in [-0.39, 0.29) is 24.3 Å². The van der Waals surface area contributed by atoms with Gasteiger partial charge in [0.25, 0.3) is 0 Å². The second-order valence-electron chi connectivity index (χ2n) is 8.75. The average molecular weight is 460 g/mol. The number of rotatable bonds is 7. The van der Waals surface area contributed by atoms with Gasteiger partial charge in [-0.2, -0.15) is 0 Å². The molecule has 4 aromatic rings. The first-order chi connectivity index (χ1) is 16.1. The molecule has 3 aromatic heterocycles. The number of anilines is 1. The van der Waals surface area contributed by atoms with E-state index >= 15 is 0 Å². The number of aromatic nitrogens is 4. The van der Waals surface area contributed by atoms with E-state index in [2.05, 4.69) is 32.5 Å². The van der Waals surface area contributed by atoms with Crippen LogP contribution in [0.2, 0.25) is 5.02 Å². The summed E-state index contributed by atoms with van der Waals surface area (Å²) < 4.78 is 7.98. The zero-order chi connectivity index (χ0) is 22.4. The number of hydrogen-bond acceptors (Lipinski definition) is 5. The molecule has 33 heavy (non-hydrogen) atoms. The lowest BCUT2D eigenvalue weighted by atomic mass is 10.1. The summed E-state index contributed by atoms with van der Waals surface area (Å²) in [6.07, 6.45) is 10.4. The standard InChI is InChI=1S/C25H22ClN5O2/c26-18-3-1-2-16(8-18)20-9-21(20)25(32)30-24-22(10-27-14-28-24)33-13-19-12-31-11-17(15-4-5-15)6-7-23(31)29-19/h1-3,6-8,10-12,14-15,20-21H,4-5,9,13H2,(H,27,28,30,32)/t20-,21+/m1/s1. The Labute approximate surface area is 195 Å². The van der Waals surface area contributed by atoms with Crippen molar-refractivity contribution >= 4 is 29.0 Å². The Morgan fingerprint density at radius 1 is 1.18 bits per heavy atom. The number of nitrogens with one attached hydrogen (secondary N) is 1. The molecule has 1 N–H and O–H groups in total. The normalized spacial score (nSPS) is 19.4. The molecule has 0 radical (unpaired) electrons. The van der Waals surface area contributed by atoms with Crippen molar-refractivity contribution in [2.75, 3.05) is 5.32 Å². The van der Waals surface area contributed by atoms with E-state index < -0.39 is 0 Å². The predicted octanol–water partition coefficient (Wildman–Crippen LogP) is 4.98. The van der Waals surface area contributed by atoms with Gasteiger partial charge in [0.1, 0.15) is 18.6 Å². The summed E-state index contributed by atoms with van der Waals surface area (Å²) >= 11 is 6.09. The molecule has 0 aliphatic heterocycles. The van der Waals surface area contributed by atoms with Crippen LogP contribution < -0.4 is 10.1 Å². The molecule has 2 fully saturated rings. The van der Waals surface area contributed by atoms with Crippen LogP contribution in [0.3, 0.4) is 0 Å². The Morgan fingerprint density at radius 3 is 2.94 bits per heavy atom. The second kappa shape index (κ2) is 8.15. The van der Waals surface area contributed by atoms with Crippen molar-refractivity contribution in [1.29, 1.82) is 0 Å². The molecule has 3 heterocycles. The number of imidazole rings is 1. The third kappa shape index (κ3) is 4.28. The number of carbonyl (C=O) groups is 1. The number of pyridine rings is 1. The van der Waals surface area contributed by atoms with Gasteiger partial charge < -0.3 is 14.5 Å². The van der Waals surface area contributed by atoms with Crippen molar-refractivity contribution in [3.8, 4) is 5.75 Å². The molecular weight excluding hydrogens is 438 g/mol. The zero-order valence-corrected chi connectivity index (χ0v) is 18.6. The highest BCUT2D eigenvalue weighted by atomic mass is 35.5. The third-order valence-electron chi connectivity index (χ3n) is 6.27. The van der Waals surface area contributed by atoms with E-state index in [9.17, 15) is 4.79 Å². The number of benzene rings is 1. The first-order valence-electron chi connectivity index (χ1n) is 11.1. The second-order valence-corrected chi connectivity index (χ2v) is 9.19. The van der Waals surface area contributed by atoms with Gasteiger partial charge in [0, 0.05) is 23.3 Å². The molecule has 2 atom stereocenters. The monoisotopic (exact) mass is 459 g/mol. The summed E-state index contributed by atoms with van der Waals surface area (Å²) in [7, 11) is 0. The van der Waals surface area contributed by atoms with E-state index in [0.717, 1.165) is 23.3 Å². The molecule has 0 unspecified atom stereocenters. The predicted molar refractivity (Wildman–Crippen MR) is 124 cm³/mol. The number of halogens is 1. The van der Waals surface area contributed by atoms with Crippen LogP contribution >= 0.6 is 11.6 Å². The highest BCUT2D eigenvalue weighted by Crippen LogP contribution is 2.48. The Bertz CT molecular complexity index is 1350. The summed E-state index contributed by atoms with van der Waals surface area (Å²) in [6.45, 7) is 0.255. The van der Waals surface area contributed by atoms with E-state index in [0.29, 0.717) is 22.5 Å². The minimum absolute atomic E-state index is 0.0798. The lowest BCUT2D eigenvalue weighted by Crippen LogP contribution is -2.16. The minimum atomic E-state index is -0.106. The van der Waals surface area contributed by atoms with Gasteiger partial charge in [0.2, 0.25) is 5.91 Å². The first-order valence-corrected chi connectivity index (χ1v) is 11.5. The van der Waals surface area contributed by atoms with E-state index in [4.69, 9.17) is 16.3 Å². The smallest absolute Gasteiger partial charge is 0.229 e. The maximum Gasteiger partial charge on any atom is 0.229 e. The average Bonchev–Trinajstić information content (AvgIpc) is 3.74. The molecule has 2 saturated carbocycles. The maximum atomic E-state index is 12.8. The van der Waals surface area contributed by atoms with Crippen molar-refractivity contribution in [3.63, 3.8) is 0 Å². The van der Waals surface area contributed by atoms with Crippen LogP contribution in [0.15, 0.2) is 61.3 Å². The number of fused-ring (bicyclic) bond motifs is 1. The molecule has 2 aliphatic rings. The van der Waals surface area contributed by atoms with Crippen molar-refractivity contribution < 1.29 is 9.53 Å². The van der Waals surface area contributed by atoms with Gasteiger partial charge >= 0.3 is 0 Å². The van der Waals surface area contributed by atoms with Gasteiger partial charge in [-0.3, -0.25) is 4.79 Å². The molecule has 2 aliphatic carbocycles. The van der Waals surface area contributed by atoms with Crippen molar-refractivity contribution in [2.24, 2.45) is 5.92 Å². The number of nitrogens with zero attached hydrogens (tertiary/aromatic N) is 4. The zero-order valence-electron chi connectivity index (χ0n) is 17.8. The van der Waals surface area contributed by atoms with Gasteiger partial charge in [-0.05, 0) is 60.4 Å². The fraction of sp³-hybridized carbons (Fsp3) is 0.280. The van der Waals surface area contributed by atoms with Gasteiger partial charge in [-0.15, -0.1) is 0 Å². The number of ether oxygens (including phenoxy) is 1. The van der Waals surface area contributed by atoms with Crippen LogP contribution in [-0.2, 0) is 11.4 Å². The molecule has 6 rings (SSSR count). The molecular formula is C25H22ClN5O2. The van der Waals surface area contributed by atoms with Crippen LogP contribution in [0.1, 0.15) is 47.9 Å². The highest BCUT2D eigenvalue weighted by molar-refractivity contribution is 6.30. The topological polar surface area (TPSA) is 81.4 Å². The summed E-state index contributed by atoms with van der Waals surface area (Å²) in [5.41, 5.74) is 4.12. The van der Waals surface area contributed by atoms with E-state index in [1.807, 2.05) is 40.9 Å². The summed E-state index contributed by atoms with van der Waals surface area (Å²) in [5, 5.41) is 3.58. The van der Waals surface area contributed by atoms with Crippen LogP contribution in [0, 0.1) is 5.92 Å². The number of carbonyl (C=O) groups excluding carboxylic acids is 1. The van der Waals surface area contributed by atoms with Crippen molar-refractivity contribution in [2.45, 2.75) is 37.7 Å². The number of amides is 1. The summed E-state index contributed by atoms with van der Waals surface area (Å²) in [4.78, 5) is 25.7. The molecule has 0 saturated heterocycles. The molecule has 0 spiro atoms. The third-order valence-corrected chi connectivity index (χ3v) is 6.51. The number of hydrogen-bond donors (Lipinski definition) is 1. The van der Waals surface area contributed by atoms with Gasteiger partial charge in [0.05, 0.1) is 11.9 Å². The molecule has 166 valence electrons. The Hall–Kier alpha value is -3.45. The largest absolute Gasteiger partial charge is 0.482 e. The van der Waals surface area contributed by atoms with Crippen LogP contribution in [0.25, 0.3) is 5.65 Å². The molecule has 1 aromatic carbocycles. The first kappa shape index (κ1) is 20.2. The fourth-order valence-corrected chi connectivity index (χ4v) is 4.46. The van der Waals surface area contributed by atoms with Crippen LogP contribution in [0.5, 0.6) is 5.75 Å². The SMILES string of the molecule is O=C(Nc1ncncc1OCc1cn2cc(C3CC3)ccc2n1)[C@H]1C[C@@H]1c1cccc(Cl)c1. The lowest BCUT2D eigenvalue weighted by molar-refractivity contribution is -0.117. The summed E-state index contributed by atoms with van der Waals surface area (Å²) in [5.74, 6) is 1.46. The van der Waals surface area contributed by atoms with Gasteiger partial charge in [-0.25, -0.2) is 15.0 Å². The summed E-state index contributed by atoms with van der Waals surface area (Å²) in [6, 6.07) is 11.9. The van der Waals surface area contributed by atoms with Crippen LogP contribution in [0.4, 0.5) is 5.82 Å². The van der Waals surface area contributed by atoms with Crippen LogP contribution in [-0.4, -0.2) is 25.3 Å². The lowest BCUT2D eigenvalue weighted by Gasteiger charge is -2.10. The molecule has 1 amide bonds. The minimum Gasteiger partial charge on any atom is -0.482 e. The fourth-order valence-electron chi connectivity index (χ4n) is 4.26.